The summed E-state index contributed by atoms with van der Waals surface area (Å²) in [5, 5.41) is 21.4. The Morgan fingerprint density at radius 3 is 2.32 bits per heavy atom. The number of rotatable bonds is 14. The summed E-state index contributed by atoms with van der Waals surface area (Å²) >= 11 is 4.25. The number of carbonyl (C=O) groups excluding carboxylic acids is 2. The standard InChI is InChI=1S/C17H30N5O7PS/c1-5-28-30(27,29-6-2)14(10-31)7-13-8-22(21-20-13)9-15(23)18-11(3)16(24)19-12(4)17(25)26/h8,11-12,14,31H,5-7,9-10H2,1-4H3,(H,18,23)(H,19,24)(H,25,26)/t11-,12-,14?/m0/s1. The van der Waals surface area contributed by atoms with Crippen molar-refractivity contribution in [2.75, 3.05) is 19.0 Å². The van der Waals surface area contributed by atoms with Crippen LogP contribution in [0.3, 0.4) is 0 Å². The first-order valence-electron chi connectivity index (χ1n) is 9.77. The summed E-state index contributed by atoms with van der Waals surface area (Å²) in [6.45, 7) is 6.44. The largest absolute Gasteiger partial charge is 0.480 e. The van der Waals surface area contributed by atoms with Gasteiger partial charge in [-0.1, -0.05) is 5.21 Å². The van der Waals surface area contributed by atoms with Gasteiger partial charge in [0.25, 0.3) is 0 Å². The van der Waals surface area contributed by atoms with Crippen molar-refractivity contribution >= 4 is 38.0 Å². The van der Waals surface area contributed by atoms with Crippen LogP contribution < -0.4 is 10.6 Å². The number of carboxylic acids is 1. The van der Waals surface area contributed by atoms with Gasteiger partial charge in [0.15, 0.2) is 0 Å². The third-order valence-corrected chi connectivity index (χ3v) is 7.34. The molecule has 0 fully saturated rings. The quantitative estimate of drug-likeness (QED) is 0.220. The van der Waals surface area contributed by atoms with Crippen LogP contribution in [-0.2, 0) is 41.0 Å². The Kier molecular flexibility index (Phi) is 11.2. The zero-order chi connectivity index (χ0) is 23.6. The summed E-state index contributed by atoms with van der Waals surface area (Å²) in [7, 11) is -3.38. The average molecular weight is 479 g/mol. The molecule has 0 saturated heterocycles. The van der Waals surface area contributed by atoms with Gasteiger partial charge in [-0.05, 0) is 27.7 Å². The zero-order valence-electron chi connectivity index (χ0n) is 18.0. The van der Waals surface area contributed by atoms with Gasteiger partial charge < -0.3 is 24.8 Å². The second-order valence-corrected chi connectivity index (χ2v) is 9.37. The van der Waals surface area contributed by atoms with Crippen molar-refractivity contribution in [3.05, 3.63) is 11.9 Å². The predicted octanol–water partition coefficient (Wildman–Crippen LogP) is 0.479. The van der Waals surface area contributed by atoms with E-state index in [0.29, 0.717) is 5.69 Å². The monoisotopic (exact) mass is 479 g/mol. The highest BCUT2D eigenvalue weighted by molar-refractivity contribution is 7.80. The van der Waals surface area contributed by atoms with Crippen LogP contribution in [0.5, 0.6) is 0 Å². The summed E-state index contributed by atoms with van der Waals surface area (Å²) in [6.07, 6.45) is 1.75. The van der Waals surface area contributed by atoms with Gasteiger partial charge in [-0.15, -0.1) is 5.10 Å². The van der Waals surface area contributed by atoms with Crippen molar-refractivity contribution in [3.8, 4) is 0 Å². The molecule has 1 rings (SSSR count). The lowest BCUT2D eigenvalue weighted by atomic mass is 10.2. The average Bonchev–Trinajstić information content (AvgIpc) is 3.12. The van der Waals surface area contributed by atoms with E-state index in [9.17, 15) is 18.9 Å². The molecule has 0 aliphatic heterocycles. The second kappa shape index (κ2) is 12.8. The fourth-order valence-corrected chi connectivity index (χ4v) is 5.09. The van der Waals surface area contributed by atoms with Crippen LogP contribution >= 0.6 is 20.2 Å². The third kappa shape index (κ3) is 8.60. The SMILES string of the molecule is CCOP(=O)(OCC)C(CS)Cc1cn(CC(=O)N[C@@H](C)C(=O)N[C@@H](C)C(=O)O)nn1. The first-order valence-corrected chi connectivity index (χ1v) is 12.0. The molecule has 3 N–H and O–H groups in total. The smallest absolute Gasteiger partial charge is 0.334 e. The molecule has 0 aromatic carbocycles. The van der Waals surface area contributed by atoms with Crippen molar-refractivity contribution in [2.45, 2.75) is 58.4 Å². The van der Waals surface area contributed by atoms with Crippen LogP contribution in [0.2, 0.25) is 0 Å². The summed E-state index contributed by atoms with van der Waals surface area (Å²) in [6, 6.07) is -2.01. The molecule has 0 radical (unpaired) electrons. The number of carboxylic acid groups (broad SMARTS) is 1. The molecular weight excluding hydrogens is 449 g/mol. The van der Waals surface area contributed by atoms with Crippen LogP contribution in [0.4, 0.5) is 0 Å². The van der Waals surface area contributed by atoms with Gasteiger partial charge in [0.2, 0.25) is 11.8 Å². The number of aromatic nitrogens is 3. The number of nitrogens with one attached hydrogen (secondary N) is 2. The van der Waals surface area contributed by atoms with Crippen molar-refractivity contribution in [2.24, 2.45) is 0 Å². The van der Waals surface area contributed by atoms with Gasteiger partial charge in [-0.2, -0.15) is 12.6 Å². The predicted molar refractivity (Wildman–Crippen MR) is 115 cm³/mol. The first kappa shape index (κ1) is 27.1. The van der Waals surface area contributed by atoms with Crippen molar-refractivity contribution in [1.82, 2.24) is 25.6 Å². The summed E-state index contributed by atoms with van der Waals surface area (Å²) in [5.41, 5.74) is -0.0535. The zero-order valence-corrected chi connectivity index (χ0v) is 19.8. The maximum Gasteiger partial charge on any atom is 0.334 e. The van der Waals surface area contributed by atoms with E-state index < -0.39 is 43.1 Å². The minimum Gasteiger partial charge on any atom is -0.480 e. The maximum absolute atomic E-state index is 12.9. The van der Waals surface area contributed by atoms with E-state index in [0.717, 1.165) is 0 Å². The van der Waals surface area contributed by atoms with Crippen LogP contribution in [0.15, 0.2) is 6.20 Å². The molecule has 0 bridgehead atoms. The highest BCUT2D eigenvalue weighted by atomic mass is 32.1. The highest BCUT2D eigenvalue weighted by Crippen LogP contribution is 2.54. The van der Waals surface area contributed by atoms with E-state index >= 15 is 0 Å². The van der Waals surface area contributed by atoms with Crippen LogP contribution in [0.25, 0.3) is 0 Å². The van der Waals surface area contributed by atoms with Gasteiger partial charge in [0.05, 0.1) is 24.6 Å². The lowest BCUT2D eigenvalue weighted by Gasteiger charge is -2.24. The van der Waals surface area contributed by atoms with E-state index in [2.05, 4.69) is 33.6 Å². The molecule has 1 aromatic rings. The van der Waals surface area contributed by atoms with E-state index in [1.807, 2.05) is 0 Å². The van der Waals surface area contributed by atoms with Crippen LogP contribution in [0.1, 0.15) is 33.4 Å². The topological polar surface area (TPSA) is 162 Å². The van der Waals surface area contributed by atoms with Gasteiger partial charge >= 0.3 is 13.6 Å². The van der Waals surface area contributed by atoms with E-state index in [1.165, 1.54) is 24.7 Å². The minimum atomic E-state index is -3.38. The Morgan fingerprint density at radius 2 is 1.81 bits per heavy atom. The lowest BCUT2D eigenvalue weighted by molar-refractivity contribution is -0.141. The molecule has 1 unspecified atom stereocenters. The van der Waals surface area contributed by atoms with Crippen molar-refractivity contribution < 1.29 is 33.1 Å². The van der Waals surface area contributed by atoms with E-state index in [4.69, 9.17) is 14.2 Å². The Balaban J connectivity index is 2.69. The van der Waals surface area contributed by atoms with Crippen LogP contribution in [-0.4, -0.2) is 74.6 Å². The maximum atomic E-state index is 12.9. The fraction of sp³-hybridized carbons (Fsp3) is 0.706. The Hall–Kier alpha value is -1.95. The Morgan fingerprint density at radius 1 is 1.19 bits per heavy atom. The molecule has 0 aliphatic rings. The third-order valence-electron chi connectivity index (χ3n) is 4.11. The number of nitrogens with zero attached hydrogens (tertiary/aromatic N) is 3. The van der Waals surface area contributed by atoms with Gasteiger partial charge in [-0.3, -0.25) is 18.9 Å². The molecule has 2 amide bonds. The van der Waals surface area contributed by atoms with Crippen molar-refractivity contribution in [1.29, 1.82) is 0 Å². The second-order valence-electron chi connectivity index (χ2n) is 6.68. The Labute approximate surface area is 186 Å². The molecule has 176 valence electrons. The molecule has 14 heteroatoms. The van der Waals surface area contributed by atoms with Gasteiger partial charge in [0.1, 0.15) is 18.6 Å². The van der Waals surface area contributed by atoms with E-state index in [1.54, 1.807) is 13.8 Å². The molecule has 0 spiro atoms. The van der Waals surface area contributed by atoms with Gasteiger partial charge in [-0.25, -0.2) is 4.68 Å². The molecule has 31 heavy (non-hydrogen) atoms. The summed E-state index contributed by atoms with van der Waals surface area (Å²) < 4.78 is 25.0. The van der Waals surface area contributed by atoms with E-state index in [-0.39, 0.29) is 31.9 Å². The molecule has 12 nitrogen and oxygen atoms in total. The number of aliphatic carboxylic acids is 1. The molecule has 0 saturated carbocycles. The first-order chi connectivity index (χ1) is 14.6. The Bertz CT molecular complexity index is 796. The lowest BCUT2D eigenvalue weighted by Crippen LogP contribution is -2.49. The number of thiol groups is 1. The molecule has 3 atom stereocenters. The highest BCUT2D eigenvalue weighted by Gasteiger charge is 2.35. The number of carbonyl (C=O) groups is 3. The van der Waals surface area contributed by atoms with Crippen molar-refractivity contribution in [3.63, 3.8) is 0 Å². The van der Waals surface area contributed by atoms with Gasteiger partial charge in [0, 0.05) is 18.4 Å². The number of amides is 2. The van der Waals surface area contributed by atoms with Crippen LogP contribution in [0, 0.1) is 0 Å². The molecule has 0 aliphatic carbocycles. The normalized spacial score (nSPS) is 14.5. The molecular formula is C17H30N5O7PS. The fourth-order valence-electron chi connectivity index (χ4n) is 2.54. The number of hydrogen-bond acceptors (Lipinski definition) is 9. The summed E-state index contributed by atoms with van der Waals surface area (Å²) in [5.74, 6) is -2.07. The molecule has 1 heterocycles. The minimum absolute atomic E-state index is 0.209. The number of hydrogen-bond donors (Lipinski definition) is 4. The molecule has 1 aromatic heterocycles. The summed E-state index contributed by atoms with van der Waals surface area (Å²) in [4.78, 5) is 34.9.